The quantitative estimate of drug-likeness (QED) is 0.364. The fourth-order valence-corrected chi connectivity index (χ4v) is 3.52. The highest BCUT2D eigenvalue weighted by Crippen LogP contribution is 2.20. The maximum atomic E-state index is 14.0. The minimum absolute atomic E-state index is 0.279. The van der Waals surface area contributed by atoms with Crippen molar-refractivity contribution in [2.24, 2.45) is 14.3 Å². The molecular formula is C21H24F2N6OS. The summed E-state index contributed by atoms with van der Waals surface area (Å²) in [6, 6.07) is 8.82. The van der Waals surface area contributed by atoms with Gasteiger partial charge in [-0.25, -0.2) is 8.78 Å². The van der Waals surface area contributed by atoms with Gasteiger partial charge in [0, 0.05) is 29.6 Å². The molecule has 0 aromatic heterocycles. The molecule has 0 amide bonds. The number of hydrogen-bond acceptors (Lipinski definition) is 5. The van der Waals surface area contributed by atoms with Crippen molar-refractivity contribution in [2.75, 3.05) is 25.2 Å². The SMILES string of the molecule is CCN=C(NC=NCc1ccc(F)cc1OC)Nc1cc(F)cc(CS(C)=NC#N)c1. The number of anilines is 1. The molecule has 0 heterocycles. The Morgan fingerprint density at radius 2 is 2.03 bits per heavy atom. The Morgan fingerprint density at radius 1 is 1.23 bits per heavy atom. The van der Waals surface area contributed by atoms with Gasteiger partial charge in [0.05, 0.1) is 20.0 Å². The van der Waals surface area contributed by atoms with Crippen molar-refractivity contribution in [3.63, 3.8) is 0 Å². The molecule has 0 fully saturated rings. The van der Waals surface area contributed by atoms with E-state index in [1.807, 2.05) is 13.2 Å². The van der Waals surface area contributed by atoms with Crippen LogP contribution >= 0.6 is 0 Å². The van der Waals surface area contributed by atoms with Crippen LogP contribution in [0.15, 0.2) is 50.7 Å². The van der Waals surface area contributed by atoms with E-state index in [4.69, 9.17) is 10.00 Å². The minimum Gasteiger partial charge on any atom is -0.496 e. The van der Waals surface area contributed by atoms with Crippen LogP contribution in [0.2, 0.25) is 0 Å². The van der Waals surface area contributed by atoms with Crippen molar-refractivity contribution in [3.05, 3.63) is 59.2 Å². The molecule has 31 heavy (non-hydrogen) atoms. The van der Waals surface area contributed by atoms with E-state index >= 15 is 0 Å². The maximum Gasteiger partial charge on any atom is 0.212 e. The van der Waals surface area contributed by atoms with Crippen LogP contribution in [0.25, 0.3) is 0 Å². The van der Waals surface area contributed by atoms with Crippen LogP contribution in [-0.2, 0) is 23.0 Å². The molecule has 0 aliphatic carbocycles. The molecule has 1 atom stereocenters. The molecule has 0 saturated heterocycles. The van der Waals surface area contributed by atoms with Gasteiger partial charge in [0.1, 0.15) is 17.4 Å². The van der Waals surface area contributed by atoms with E-state index in [-0.39, 0.29) is 12.4 Å². The average molecular weight is 447 g/mol. The van der Waals surface area contributed by atoms with Crippen LogP contribution < -0.4 is 15.4 Å². The predicted molar refractivity (Wildman–Crippen MR) is 121 cm³/mol. The molecule has 0 radical (unpaired) electrons. The normalized spacial score (nSPS) is 12.6. The monoisotopic (exact) mass is 446 g/mol. The highest BCUT2D eigenvalue weighted by Gasteiger charge is 2.06. The van der Waals surface area contributed by atoms with Gasteiger partial charge in [0.2, 0.25) is 12.2 Å². The van der Waals surface area contributed by atoms with Gasteiger partial charge in [-0.1, -0.05) is 16.8 Å². The number of methoxy groups -OCH3 is 1. The Bertz CT molecular complexity index is 1030. The van der Waals surface area contributed by atoms with Crippen LogP contribution in [0, 0.1) is 23.1 Å². The van der Waals surface area contributed by atoms with E-state index in [2.05, 4.69) is 25.0 Å². The van der Waals surface area contributed by atoms with E-state index in [0.29, 0.717) is 29.7 Å². The fourth-order valence-electron chi connectivity index (χ4n) is 2.66. The summed E-state index contributed by atoms with van der Waals surface area (Å²) in [5.74, 6) is 0.500. The van der Waals surface area contributed by atoms with E-state index in [1.54, 1.807) is 18.3 Å². The van der Waals surface area contributed by atoms with Crippen molar-refractivity contribution in [3.8, 4) is 11.9 Å². The number of halogens is 2. The number of ether oxygens (including phenoxy) is 1. The van der Waals surface area contributed by atoms with Crippen LogP contribution in [0.3, 0.4) is 0 Å². The molecule has 164 valence electrons. The van der Waals surface area contributed by atoms with Gasteiger partial charge in [-0.2, -0.15) is 9.62 Å². The molecule has 2 aromatic rings. The third-order valence-corrected chi connectivity index (χ3v) is 5.06. The molecule has 2 N–H and O–H groups in total. The second kappa shape index (κ2) is 12.4. The third kappa shape index (κ3) is 8.14. The molecule has 0 spiro atoms. The number of benzene rings is 2. The van der Waals surface area contributed by atoms with Crippen LogP contribution in [-0.4, -0.2) is 32.2 Å². The summed E-state index contributed by atoms with van der Waals surface area (Å²) in [4.78, 5) is 8.57. The number of hydrogen-bond donors (Lipinski definition) is 2. The van der Waals surface area contributed by atoms with Gasteiger partial charge in [-0.05, 0) is 43.0 Å². The molecule has 10 heteroatoms. The van der Waals surface area contributed by atoms with Crippen molar-refractivity contribution >= 4 is 28.7 Å². The number of guanidine groups is 1. The summed E-state index contributed by atoms with van der Waals surface area (Å²) in [5.41, 5.74) is 1.97. The van der Waals surface area contributed by atoms with Gasteiger partial charge >= 0.3 is 0 Å². The fraction of sp³-hybridized carbons (Fsp3) is 0.286. The van der Waals surface area contributed by atoms with E-state index in [1.165, 1.54) is 37.7 Å². The summed E-state index contributed by atoms with van der Waals surface area (Å²) in [7, 11) is 0.958. The lowest BCUT2D eigenvalue weighted by Gasteiger charge is -2.11. The third-order valence-electron chi connectivity index (χ3n) is 3.91. The lowest BCUT2D eigenvalue weighted by Crippen LogP contribution is -2.30. The van der Waals surface area contributed by atoms with Gasteiger partial charge in [0.15, 0.2) is 0 Å². The molecule has 7 nitrogen and oxygen atoms in total. The topological polar surface area (TPSA) is 94.2 Å². The number of nitriles is 1. The number of rotatable bonds is 8. The van der Waals surface area contributed by atoms with E-state index < -0.39 is 16.5 Å². The zero-order chi connectivity index (χ0) is 22.6. The summed E-state index contributed by atoms with van der Waals surface area (Å²) in [5, 5.41) is 14.6. The maximum absolute atomic E-state index is 14.0. The Kier molecular flexibility index (Phi) is 9.58. The first-order valence-corrected chi connectivity index (χ1v) is 11.1. The molecule has 2 aromatic carbocycles. The Balaban J connectivity index is 2.06. The van der Waals surface area contributed by atoms with Crippen molar-refractivity contribution in [1.29, 1.82) is 5.26 Å². The highest BCUT2D eigenvalue weighted by molar-refractivity contribution is 7.85. The van der Waals surface area contributed by atoms with E-state index in [9.17, 15) is 8.78 Å². The lowest BCUT2D eigenvalue weighted by molar-refractivity contribution is 0.406. The molecule has 1 unspecified atom stereocenters. The number of aliphatic imine (C=N–C) groups is 2. The Morgan fingerprint density at radius 3 is 2.74 bits per heavy atom. The Labute approximate surface area is 183 Å². The van der Waals surface area contributed by atoms with E-state index in [0.717, 1.165) is 11.1 Å². The largest absolute Gasteiger partial charge is 0.496 e. The van der Waals surface area contributed by atoms with Gasteiger partial charge < -0.3 is 15.4 Å². The minimum atomic E-state index is -0.514. The smallest absolute Gasteiger partial charge is 0.212 e. The molecule has 0 aliphatic rings. The molecule has 0 bridgehead atoms. The zero-order valence-corrected chi connectivity index (χ0v) is 18.3. The van der Waals surface area contributed by atoms with Gasteiger partial charge in [-0.15, -0.1) is 0 Å². The predicted octanol–water partition coefficient (Wildman–Crippen LogP) is 3.99. The summed E-state index contributed by atoms with van der Waals surface area (Å²) < 4.78 is 36.2. The second-order valence-corrected chi connectivity index (χ2v) is 7.97. The highest BCUT2D eigenvalue weighted by atomic mass is 32.2. The van der Waals surface area contributed by atoms with Gasteiger partial charge in [-0.3, -0.25) is 9.98 Å². The first-order valence-electron chi connectivity index (χ1n) is 9.35. The Hall–Kier alpha value is -3.32. The lowest BCUT2D eigenvalue weighted by atomic mass is 10.2. The summed E-state index contributed by atoms with van der Waals surface area (Å²) in [6.07, 6.45) is 5.05. The summed E-state index contributed by atoms with van der Waals surface area (Å²) in [6.45, 7) is 2.64. The van der Waals surface area contributed by atoms with Crippen LogP contribution in [0.1, 0.15) is 18.1 Å². The molecule has 0 aliphatic heterocycles. The average Bonchev–Trinajstić information content (AvgIpc) is 2.71. The van der Waals surface area contributed by atoms with Crippen LogP contribution in [0.5, 0.6) is 5.75 Å². The van der Waals surface area contributed by atoms with Crippen LogP contribution in [0.4, 0.5) is 14.5 Å². The number of nitrogens with zero attached hydrogens (tertiary/aromatic N) is 4. The summed E-state index contributed by atoms with van der Waals surface area (Å²) >= 11 is 0. The zero-order valence-electron chi connectivity index (χ0n) is 17.5. The molecular weight excluding hydrogens is 422 g/mol. The standard InChI is InChI=1S/C21H24F2N6OS/c1-4-26-21(27-14-25-11-16-5-6-17(22)10-20(16)30-2)29-19-8-15(7-18(23)9-19)12-31(3)28-13-24/h5-10,14H,4,11-12H2,1-3H3,(H2,25,26,27,29). The molecule has 2 rings (SSSR count). The van der Waals surface area contributed by atoms with Gasteiger partial charge in [0.25, 0.3) is 0 Å². The second-order valence-electron chi connectivity index (χ2n) is 6.30. The first-order chi connectivity index (χ1) is 14.9. The first kappa shape index (κ1) is 24.0. The van der Waals surface area contributed by atoms with Crippen molar-refractivity contribution in [1.82, 2.24) is 5.32 Å². The molecule has 0 saturated carbocycles. The van der Waals surface area contributed by atoms with Crippen molar-refractivity contribution in [2.45, 2.75) is 19.2 Å². The number of nitrogens with one attached hydrogen (secondary N) is 2. The van der Waals surface area contributed by atoms with Crippen molar-refractivity contribution < 1.29 is 13.5 Å².